The second-order valence-electron chi connectivity index (χ2n) is 12.3. The van der Waals surface area contributed by atoms with E-state index in [4.69, 9.17) is 13.6 Å². The average molecular weight is 525 g/mol. The molecule has 2 heterocycles. The Hall–Kier alpha value is -1.60. The molecule has 198 valence electrons. The van der Waals surface area contributed by atoms with Crippen LogP contribution in [0.5, 0.6) is 0 Å². The second-order valence-corrected chi connectivity index (χ2v) is 21.8. The Labute approximate surface area is 212 Å². The van der Waals surface area contributed by atoms with Crippen LogP contribution in [0.4, 0.5) is 0 Å². The van der Waals surface area contributed by atoms with Crippen molar-refractivity contribution >= 4 is 28.7 Å². The van der Waals surface area contributed by atoms with E-state index in [1.807, 2.05) is 0 Å². The summed E-state index contributed by atoms with van der Waals surface area (Å²) in [4.78, 5) is 28.2. The van der Waals surface area contributed by atoms with E-state index in [1.54, 1.807) is 12.3 Å². The summed E-state index contributed by atoms with van der Waals surface area (Å²) in [6.07, 6.45) is 3.90. The molecule has 0 aliphatic carbocycles. The van der Waals surface area contributed by atoms with Crippen molar-refractivity contribution in [2.45, 2.75) is 103 Å². The van der Waals surface area contributed by atoms with Crippen molar-refractivity contribution in [1.82, 2.24) is 9.55 Å². The Morgan fingerprint density at radius 1 is 1.14 bits per heavy atom. The zero-order valence-corrected chi connectivity index (χ0v) is 25.3. The van der Waals surface area contributed by atoms with E-state index >= 15 is 0 Å². The normalized spacial score (nSPS) is 22.1. The minimum atomic E-state index is -2.08. The number of carbonyl (C=O) groups excluding carboxylic acids is 1. The Balaban J connectivity index is 2.29. The van der Waals surface area contributed by atoms with E-state index < -0.39 is 34.5 Å². The van der Waals surface area contributed by atoms with Crippen molar-refractivity contribution in [1.29, 1.82) is 0 Å². The highest BCUT2D eigenvalue weighted by atomic mass is 28.4. The van der Waals surface area contributed by atoms with Crippen LogP contribution >= 0.6 is 0 Å². The van der Waals surface area contributed by atoms with Gasteiger partial charge in [0.1, 0.15) is 12.3 Å². The number of aromatic nitrogens is 2. The summed E-state index contributed by atoms with van der Waals surface area (Å²) in [5.41, 5.74) is -0.0689. The van der Waals surface area contributed by atoms with Crippen LogP contribution in [0.25, 0.3) is 6.08 Å². The highest BCUT2D eigenvalue weighted by molar-refractivity contribution is 6.74. The molecule has 3 atom stereocenters. The number of ether oxygens (including phenoxy) is 2. The van der Waals surface area contributed by atoms with Crippen molar-refractivity contribution in [3.63, 3.8) is 0 Å². The van der Waals surface area contributed by atoms with Crippen LogP contribution in [0, 0.1) is 0 Å². The van der Waals surface area contributed by atoms with Gasteiger partial charge in [0, 0.05) is 18.7 Å². The fourth-order valence-electron chi connectivity index (χ4n) is 3.17. The highest BCUT2D eigenvalue weighted by Crippen LogP contribution is 2.42. The molecule has 1 aromatic heterocycles. The number of nitrogens with zero attached hydrogens (tertiary/aromatic N) is 2. The monoisotopic (exact) mass is 524 g/mol. The average Bonchev–Trinajstić information content (AvgIpc) is 3.10. The molecular weight excluding hydrogens is 480 g/mol. The molecule has 0 N–H and O–H groups in total. The minimum Gasteiger partial charge on any atom is -0.466 e. The van der Waals surface area contributed by atoms with E-state index in [2.05, 4.69) is 77.5 Å². The number of hydrogen-bond acceptors (Lipinski definition) is 7. The molecule has 0 saturated carbocycles. The lowest BCUT2D eigenvalue weighted by Crippen LogP contribution is -2.48. The van der Waals surface area contributed by atoms with Crippen LogP contribution < -0.4 is 5.69 Å². The predicted octanol–water partition coefficient (Wildman–Crippen LogP) is 5.13. The lowest BCUT2D eigenvalue weighted by molar-refractivity contribution is -0.134. The molecule has 0 bridgehead atoms. The van der Waals surface area contributed by atoms with Crippen molar-refractivity contribution in [2.24, 2.45) is 0 Å². The second kappa shape index (κ2) is 10.8. The van der Waals surface area contributed by atoms with Gasteiger partial charge in [0.15, 0.2) is 16.6 Å². The molecule has 0 amide bonds. The van der Waals surface area contributed by atoms with E-state index in [0.29, 0.717) is 18.7 Å². The third kappa shape index (κ3) is 7.45. The molecule has 1 aliphatic heterocycles. The summed E-state index contributed by atoms with van der Waals surface area (Å²) in [6.45, 7) is 22.6. The van der Waals surface area contributed by atoms with Crippen LogP contribution in [-0.4, -0.2) is 58.1 Å². The van der Waals surface area contributed by atoms with Crippen molar-refractivity contribution < 1.29 is 23.1 Å². The molecule has 10 heteroatoms. The first-order valence-corrected chi connectivity index (χ1v) is 18.0. The molecule has 1 fully saturated rings. The van der Waals surface area contributed by atoms with Gasteiger partial charge >= 0.3 is 11.7 Å². The van der Waals surface area contributed by atoms with Crippen LogP contribution in [0.15, 0.2) is 23.1 Å². The summed E-state index contributed by atoms with van der Waals surface area (Å²) in [5, 5.41) is 0.122. The zero-order valence-electron chi connectivity index (χ0n) is 23.3. The maximum Gasteiger partial charge on any atom is 0.350 e. The van der Waals surface area contributed by atoms with Gasteiger partial charge in [0.05, 0.1) is 25.5 Å². The molecular formula is C25H44N2O6Si2. The Morgan fingerprint density at radius 2 is 1.74 bits per heavy atom. The maximum atomic E-state index is 12.8. The summed E-state index contributed by atoms with van der Waals surface area (Å²) in [6, 6.07) is 1.67. The van der Waals surface area contributed by atoms with Gasteiger partial charge < -0.3 is 18.3 Å². The van der Waals surface area contributed by atoms with Gasteiger partial charge in [0.2, 0.25) is 0 Å². The fourth-order valence-corrected chi connectivity index (χ4v) is 5.54. The molecule has 35 heavy (non-hydrogen) atoms. The van der Waals surface area contributed by atoms with Crippen molar-refractivity contribution in [2.75, 3.05) is 13.7 Å². The Bertz CT molecular complexity index is 975. The first kappa shape index (κ1) is 29.6. The van der Waals surface area contributed by atoms with Crippen molar-refractivity contribution in [3.8, 4) is 0 Å². The van der Waals surface area contributed by atoms with E-state index in [0.717, 1.165) is 0 Å². The number of esters is 1. The smallest absolute Gasteiger partial charge is 0.350 e. The van der Waals surface area contributed by atoms with Crippen LogP contribution in [0.2, 0.25) is 36.3 Å². The van der Waals surface area contributed by atoms with E-state index in [9.17, 15) is 9.59 Å². The minimum absolute atomic E-state index is 0.0436. The quantitative estimate of drug-likeness (QED) is 0.265. The molecule has 0 aromatic carbocycles. The Morgan fingerprint density at radius 3 is 2.26 bits per heavy atom. The number of carbonyl (C=O) groups is 1. The first-order valence-electron chi connectivity index (χ1n) is 12.2. The topological polar surface area (TPSA) is 88.9 Å². The summed E-state index contributed by atoms with van der Waals surface area (Å²) in [5.74, 6) is -0.509. The molecule has 0 unspecified atom stereocenters. The highest BCUT2D eigenvalue weighted by Gasteiger charge is 2.46. The van der Waals surface area contributed by atoms with Gasteiger partial charge in [-0.25, -0.2) is 9.59 Å². The molecule has 0 spiro atoms. The fraction of sp³-hybridized carbons (Fsp3) is 0.720. The SMILES string of the molecule is COC(=O)/C=C/c1ccn([C@H]2C[C@H](O[Si](C)(C)C(C)(C)C)[C@@H](CO[Si](C)(C)C(C)(C)C)O2)c(=O)n1. The van der Waals surface area contributed by atoms with Gasteiger partial charge in [-0.1, -0.05) is 41.5 Å². The summed E-state index contributed by atoms with van der Waals surface area (Å²) < 4.78 is 25.7. The van der Waals surface area contributed by atoms with Gasteiger partial charge in [0.25, 0.3) is 0 Å². The molecule has 0 radical (unpaired) electrons. The number of rotatable bonds is 8. The van der Waals surface area contributed by atoms with Gasteiger partial charge in [-0.2, -0.15) is 4.98 Å². The zero-order chi connectivity index (χ0) is 26.8. The van der Waals surface area contributed by atoms with Gasteiger partial charge in [-0.3, -0.25) is 4.57 Å². The Kier molecular flexibility index (Phi) is 9.14. The standard InChI is InChI=1S/C25H44N2O6Si2/c1-24(2,3)34(8,9)31-17-20-19(33-35(10,11)25(4,5)6)16-21(32-20)27-15-14-18(26-23(27)29)12-13-22(28)30-7/h12-15,19-21H,16-17H2,1-11H3/b13-12+/t19-,20+,21+/m0/s1. The number of methoxy groups -OCH3 is 1. The molecule has 1 saturated heterocycles. The largest absolute Gasteiger partial charge is 0.466 e. The molecule has 8 nitrogen and oxygen atoms in total. The third-order valence-corrected chi connectivity index (χ3v) is 16.6. The molecule has 1 aromatic rings. The van der Waals surface area contributed by atoms with Gasteiger partial charge in [-0.05, 0) is 48.4 Å². The third-order valence-electron chi connectivity index (χ3n) is 7.60. The van der Waals surface area contributed by atoms with Crippen molar-refractivity contribution in [3.05, 3.63) is 34.5 Å². The van der Waals surface area contributed by atoms with Crippen LogP contribution in [0.3, 0.4) is 0 Å². The van der Waals surface area contributed by atoms with E-state index in [-0.39, 0.29) is 22.3 Å². The maximum absolute atomic E-state index is 12.8. The summed E-state index contributed by atoms with van der Waals surface area (Å²) >= 11 is 0. The molecule has 1 aliphatic rings. The van der Waals surface area contributed by atoms with Crippen LogP contribution in [0.1, 0.15) is 59.9 Å². The van der Waals surface area contributed by atoms with Gasteiger partial charge in [-0.15, -0.1) is 0 Å². The molecule has 2 rings (SSSR count). The predicted molar refractivity (Wildman–Crippen MR) is 143 cm³/mol. The summed E-state index contributed by atoms with van der Waals surface area (Å²) in [7, 11) is -2.78. The van der Waals surface area contributed by atoms with Crippen LogP contribution in [-0.2, 0) is 23.1 Å². The van der Waals surface area contributed by atoms with E-state index in [1.165, 1.54) is 23.8 Å². The first-order chi connectivity index (χ1) is 15.9. The lowest BCUT2D eigenvalue weighted by atomic mass is 10.2. The number of hydrogen-bond donors (Lipinski definition) is 0. The lowest BCUT2D eigenvalue weighted by Gasteiger charge is -2.40.